The van der Waals surface area contributed by atoms with E-state index in [1.165, 1.54) is 0 Å². The first kappa shape index (κ1) is 14.2. The molecule has 0 aromatic heterocycles. The summed E-state index contributed by atoms with van der Waals surface area (Å²) >= 11 is 0. The number of hydrogen-bond donors (Lipinski definition) is 2. The minimum atomic E-state index is -0.0320. The van der Waals surface area contributed by atoms with E-state index >= 15 is 0 Å². The van der Waals surface area contributed by atoms with Gasteiger partial charge in [-0.25, -0.2) is 0 Å². The number of rotatable bonds is 5. The maximum absolute atomic E-state index is 9.95. The quantitative estimate of drug-likeness (QED) is 0.859. The standard InChI is InChI=1S/C15H23NO3/c1-3-16(10-12-6-5-9-19-12)11(2)15-13(17)7-4-8-14(15)18/h4,7-8,11-12,17-18H,3,5-6,9-10H2,1-2H3. The number of ether oxygens (including phenoxy) is 1. The molecule has 0 bridgehead atoms. The molecular formula is C15H23NO3. The van der Waals surface area contributed by atoms with Crippen LogP contribution >= 0.6 is 0 Å². The van der Waals surface area contributed by atoms with Gasteiger partial charge in [0.15, 0.2) is 0 Å². The Morgan fingerprint density at radius 2 is 2.05 bits per heavy atom. The Bertz CT molecular complexity index is 396. The van der Waals surface area contributed by atoms with Crippen molar-refractivity contribution < 1.29 is 14.9 Å². The van der Waals surface area contributed by atoms with Crippen LogP contribution in [-0.2, 0) is 4.74 Å². The van der Waals surface area contributed by atoms with Crippen LogP contribution in [0.5, 0.6) is 11.5 Å². The molecule has 4 nitrogen and oxygen atoms in total. The fourth-order valence-electron chi connectivity index (χ4n) is 2.76. The molecule has 0 saturated carbocycles. The minimum absolute atomic E-state index is 0.0320. The van der Waals surface area contributed by atoms with Crippen LogP contribution in [0.2, 0.25) is 0 Å². The first-order chi connectivity index (χ1) is 9.13. The molecule has 1 saturated heterocycles. The van der Waals surface area contributed by atoms with Crippen LogP contribution in [0, 0.1) is 0 Å². The lowest BCUT2D eigenvalue weighted by Gasteiger charge is -2.30. The van der Waals surface area contributed by atoms with Crippen molar-refractivity contribution in [2.75, 3.05) is 19.7 Å². The summed E-state index contributed by atoms with van der Waals surface area (Å²) in [7, 11) is 0. The lowest BCUT2D eigenvalue weighted by Crippen LogP contribution is -2.34. The van der Waals surface area contributed by atoms with E-state index in [-0.39, 0.29) is 23.6 Å². The molecule has 0 aliphatic carbocycles. The Morgan fingerprint density at radius 1 is 1.37 bits per heavy atom. The maximum atomic E-state index is 9.95. The molecule has 2 atom stereocenters. The molecule has 2 unspecified atom stereocenters. The molecule has 0 amide bonds. The van der Waals surface area contributed by atoms with Crippen LogP contribution in [0.3, 0.4) is 0 Å². The molecule has 1 aliphatic rings. The first-order valence-electron chi connectivity index (χ1n) is 7.00. The highest BCUT2D eigenvalue weighted by atomic mass is 16.5. The molecule has 1 aromatic carbocycles. The molecule has 1 aliphatic heterocycles. The van der Waals surface area contributed by atoms with Gasteiger partial charge in [-0.2, -0.15) is 0 Å². The molecule has 1 fully saturated rings. The van der Waals surface area contributed by atoms with E-state index in [1.807, 2.05) is 6.92 Å². The van der Waals surface area contributed by atoms with E-state index < -0.39 is 0 Å². The van der Waals surface area contributed by atoms with E-state index in [4.69, 9.17) is 4.74 Å². The van der Waals surface area contributed by atoms with E-state index in [1.54, 1.807) is 18.2 Å². The monoisotopic (exact) mass is 265 g/mol. The van der Waals surface area contributed by atoms with Crippen molar-refractivity contribution in [2.45, 2.75) is 38.8 Å². The lowest BCUT2D eigenvalue weighted by molar-refractivity contribution is 0.0610. The lowest BCUT2D eigenvalue weighted by atomic mass is 10.0. The van der Waals surface area contributed by atoms with Gasteiger partial charge in [0.1, 0.15) is 11.5 Å². The number of likely N-dealkylation sites (N-methyl/N-ethyl adjacent to an activating group) is 1. The zero-order chi connectivity index (χ0) is 13.8. The smallest absolute Gasteiger partial charge is 0.124 e. The Hall–Kier alpha value is -1.26. The molecule has 106 valence electrons. The predicted molar refractivity (Wildman–Crippen MR) is 74.4 cm³/mol. The Kier molecular flexibility index (Phi) is 4.66. The van der Waals surface area contributed by atoms with Gasteiger partial charge in [0.05, 0.1) is 11.7 Å². The molecule has 1 aromatic rings. The van der Waals surface area contributed by atoms with Crippen LogP contribution < -0.4 is 0 Å². The highest BCUT2D eigenvalue weighted by Crippen LogP contribution is 2.35. The summed E-state index contributed by atoms with van der Waals surface area (Å²) in [6.45, 7) is 6.63. The van der Waals surface area contributed by atoms with Gasteiger partial charge in [-0.1, -0.05) is 13.0 Å². The fourth-order valence-corrected chi connectivity index (χ4v) is 2.76. The molecule has 0 spiro atoms. The van der Waals surface area contributed by atoms with Crippen LogP contribution in [-0.4, -0.2) is 40.9 Å². The first-order valence-corrected chi connectivity index (χ1v) is 7.00. The van der Waals surface area contributed by atoms with Gasteiger partial charge in [0, 0.05) is 19.2 Å². The van der Waals surface area contributed by atoms with Gasteiger partial charge in [0.25, 0.3) is 0 Å². The normalized spacial score (nSPS) is 20.9. The number of phenols is 2. The third-order valence-electron chi connectivity index (χ3n) is 3.89. The van der Waals surface area contributed by atoms with Crippen molar-refractivity contribution in [2.24, 2.45) is 0 Å². The Morgan fingerprint density at radius 3 is 2.58 bits per heavy atom. The number of benzene rings is 1. The second-order valence-corrected chi connectivity index (χ2v) is 5.11. The van der Waals surface area contributed by atoms with Crippen molar-refractivity contribution in [1.82, 2.24) is 4.90 Å². The van der Waals surface area contributed by atoms with Gasteiger partial charge in [0.2, 0.25) is 0 Å². The average molecular weight is 265 g/mol. The van der Waals surface area contributed by atoms with Crippen LogP contribution in [0.15, 0.2) is 18.2 Å². The average Bonchev–Trinajstić information content (AvgIpc) is 2.88. The molecule has 0 radical (unpaired) electrons. The van der Waals surface area contributed by atoms with E-state index in [0.29, 0.717) is 5.56 Å². The van der Waals surface area contributed by atoms with Gasteiger partial charge < -0.3 is 14.9 Å². The summed E-state index contributed by atoms with van der Waals surface area (Å²) in [4.78, 5) is 2.23. The summed E-state index contributed by atoms with van der Waals surface area (Å²) in [5, 5.41) is 19.9. The number of nitrogens with zero attached hydrogens (tertiary/aromatic N) is 1. The molecule has 1 heterocycles. The highest BCUT2D eigenvalue weighted by Gasteiger charge is 2.25. The third-order valence-corrected chi connectivity index (χ3v) is 3.89. The van der Waals surface area contributed by atoms with Gasteiger partial charge >= 0.3 is 0 Å². The predicted octanol–water partition coefficient (Wildman–Crippen LogP) is 2.66. The topological polar surface area (TPSA) is 52.9 Å². The minimum Gasteiger partial charge on any atom is -0.507 e. The zero-order valence-corrected chi connectivity index (χ0v) is 11.7. The summed E-state index contributed by atoms with van der Waals surface area (Å²) in [5.74, 6) is 0.302. The van der Waals surface area contributed by atoms with Gasteiger partial charge in [-0.15, -0.1) is 0 Å². The second kappa shape index (κ2) is 6.26. The molecular weight excluding hydrogens is 242 g/mol. The zero-order valence-electron chi connectivity index (χ0n) is 11.7. The Labute approximate surface area is 114 Å². The van der Waals surface area contributed by atoms with Gasteiger partial charge in [-0.05, 0) is 38.4 Å². The highest BCUT2D eigenvalue weighted by molar-refractivity contribution is 5.44. The third kappa shape index (κ3) is 3.19. The van der Waals surface area contributed by atoms with Crippen LogP contribution in [0.25, 0.3) is 0 Å². The van der Waals surface area contributed by atoms with Crippen molar-refractivity contribution in [3.05, 3.63) is 23.8 Å². The van der Waals surface area contributed by atoms with Gasteiger partial charge in [-0.3, -0.25) is 4.90 Å². The second-order valence-electron chi connectivity index (χ2n) is 5.11. The number of phenolic OH excluding ortho intramolecular Hbond substituents is 2. The number of hydrogen-bond acceptors (Lipinski definition) is 4. The summed E-state index contributed by atoms with van der Waals surface area (Å²) in [6.07, 6.45) is 2.49. The summed E-state index contributed by atoms with van der Waals surface area (Å²) in [6, 6.07) is 4.85. The van der Waals surface area contributed by atoms with Crippen molar-refractivity contribution in [3.63, 3.8) is 0 Å². The molecule has 19 heavy (non-hydrogen) atoms. The van der Waals surface area contributed by atoms with Crippen molar-refractivity contribution >= 4 is 0 Å². The molecule has 2 N–H and O–H groups in total. The SMILES string of the molecule is CCN(CC1CCCO1)C(C)c1c(O)cccc1O. The summed E-state index contributed by atoms with van der Waals surface area (Å²) < 4.78 is 5.67. The van der Waals surface area contributed by atoms with Crippen LogP contribution in [0.4, 0.5) is 0 Å². The Balaban J connectivity index is 2.13. The molecule has 4 heteroatoms. The fraction of sp³-hybridized carbons (Fsp3) is 0.600. The van der Waals surface area contributed by atoms with E-state index in [0.717, 1.165) is 32.5 Å². The number of aromatic hydroxyl groups is 2. The maximum Gasteiger partial charge on any atom is 0.124 e. The van der Waals surface area contributed by atoms with Crippen LogP contribution in [0.1, 0.15) is 38.3 Å². The van der Waals surface area contributed by atoms with E-state index in [9.17, 15) is 10.2 Å². The van der Waals surface area contributed by atoms with E-state index in [2.05, 4.69) is 11.8 Å². The van der Waals surface area contributed by atoms with Crippen molar-refractivity contribution in [3.8, 4) is 11.5 Å². The molecule has 2 rings (SSSR count). The largest absolute Gasteiger partial charge is 0.507 e. The van der Waals surface area contributed by atoms with Crippen molar-refractivity contribution in [1.29, 1.82) is 0 Å². The summed E-state index contributed by atoms with van der Waals surface area (Å²) in [5.41, 5.74) is 0.599.